The summed E-state index contributed by atoms with van der Waals surface area (Å²) >= 11 is 0. The number of nitrogens with zero attached hydrogens (tertiary/aromatic N) is 5. The molecule has 1 aromatic heterocycles. The lowest BCUT2D eigenvalue weighted by Crippen LogP contribution is -2.47. The zero-order valence-electron chi connectivity index (χ0n) is 25.0. The van der Waals surface area contributed by atoms with Crippen molar-refractivity contribution < 1.29 is 9.59 Å². The van der Waals surface area contributed by atoms with E-state index in [4.69, 9.17) is 4.98 Å². The summed E-state index contributed by atoms with van der Waals surface area (Å²) < 4.78 is 0. The topological polar surface area (TPSA) is 91.3 Å². The minimum absolute atomic E-state index is 0.0242. The number of anilines is 1. The van der Waals surface area contributed by atoms with E-state index in [-0.39, 0.29) is 17.2 Å². The Bertz CT molecular complexity index is 1570. The highest BCUT2D eigenvalue weighted by atomic mass is 16.2. The first-order valence-corrected chi connectivity index (χ1v) is 14.3. The number of hydrogen-bond acceptors (Lipinski definition) is 6. The third-order valence-corrected chi connectivity index (χ3v) is 7.81. The Morgan fingerprint density at radius 1 is 0.857 bits per heavy atom. The van der Waals surface area contributed by atoms with Crippen molar-refractivity contribution in [3.05, 3.63) is 107 Å². The maximum Gasteiger partial charge on any atom is 0.255 e. The Kier molecular flexibility index (Phi) is 8.45. The number of piperazine rings is 1. The van der Waals surface area contributed by atoms with E-state index in [9.17, 15) is 9.59 Å². The molecule has 8 nitrogen and oxygen atoms in total. The van der Waals surface area contributed by atoms with E-state index in [2.05, 4.69) is 48.0 Å². The summed E-state index contributed by atoms with van der Waals surface area (Å²) in [5.74, 6) is 1.08. The number of amides is 2. The zero-order valence-corrected chi connectivity index (χ0v) is 25.0. The minimum atomic E-state index is -0.165. The Balaban J connectivity index is 1.28. The molecule has 1 aliphatic rings. The second-order valence-corrected chi connectivity index (χ2v) is 12.0. The number of rotatable bonds is 6. The Morgan fingerprint density at radius 3 is 2.19 bits per heavy atom. The monoisotopic (exact) mass is 562 g/mol. The van der Waals surface area contributed by atoms with Gasteiger partial charge in [0.1, 0.15) is 12.2 Å². The summed E-state index contributed by atoms with van der Waals surface area (Å²) in [5.41, 5.74) is 5.92. The predicted octanol–water partition coefficient (Wildman–Crippen LogP) is 5.38. The van der Waals surface area contributed by atoms with Crippen molar-refractivity contribution in [1.82, 2.24) is 24.8 Å². The lowest BCUT2D eigenvalue weighted by Gasteiger charge is -2.32. The molecule has 42 heavy (non-hydrogen) atoms. The van der Waals surface area contributed by atoms with E-state index in [1.165, 1.54) is 11.9 Å². The van der Waals surface area contributed by atoms with Gasteiger partial charge in [-0.2, -0.15) is 0 Å². The lowest BCUT2D eigenvalue weighted by atomic mass is 9.86. The molecule has 0 atom stereocenters. The van der Waals surface area contributed by atoms with Crippen LogP contribution in [0, 0.1) is 6.92 Å². The standard InChI is InChI=1S/C34H38N6O2/c1-23-28(7-6-8-29(23)37-32(41)25-13-15-27(16-14-25)34(2,3)4)31-36-22-35-30(38-31)21-24-9-11-26(12-10-24)33(42)40-19-17-39(5)18-20-40/h6-16,22H,17-21H2,1-5H3,(H,37,41). The molecule has 4 aromatic rings. The van der Waals surface area contributed by atoms with Gasteiger partial charge >= 0.3 is 0 Å². The van der Waals surface area contributed by atoms with Crippen LogP contribution in [-0.4, -0.2) is 69.8 Å². The van der Waals surface area contributed by atoms with Crippen LogP contribution in [0.5, 0.6) is 0 Å². The molecule has 0 spiro atoms. The Morgan fingerprint density at radius 2 is 1.52 bits per heavy atom. The molecule has 0 radical (unpaired) electrons. The Labute approximate surface area is 247 Å². The number of carbonyl (C=O) groups excluding carboxylic acids is 2. The largest absolute Gasteiger partial charge is 0.336 e. The van der Waals surface area contributed by atoms with Crippen LogP contribution in [0.2, 0.25) is 0 Å². The van der Waals surface area contributed by atoms with Gasteiger partial charge < -0.3 is 15.1 Å². The van der Waals surface area contributed by atoms with E-state index in [1.54, 1.807) is 0 Å². The van der Waals surface area contributed by atoms with Gasteiger partial charge in [0, 0.05) is 55.0 Å². The Hall–Kier alpha value is -4.43. The summed E-state index contributed by atoms with van der Waals surface area (Å²) in [6, 6.07) is 21.1. The van der Waals surface area contributed by atoms with Crippen LogP contribution in [0.3, 0.4) is 0 Å². The molecule has 0 aliphatic carbocycles. The van der Waals surface area contributed by atoms with Gasteiger partial charge in [0.05, 0.1) is 0 Å². The van der Waals surface area contributed by atoms with Gasteiger partial charge in [0.15, 0.2) is 5.82 Å². The van der Waals surface area contributed by atoms with Crippen molar-refractivity contribution in [3.8, 4) is 11.4 Å². The molecule has 5 rings (SSSR count). The van der Waals surface area contributed by atoms with Crippen LogP contribution in [-0.2, 0) is 11.8 Å². The zero-order chi connectivity index (χ0) is 29.9. The summed E-state index contributed by atoms with van der Waals surface area (Å²) in [4.78, 5) is 43.6. The van der Waals surface area contributed by atoms with Crippen molar-refractivity contribution in [2.45, 2.75) is 39.5 Å². The van der Waals surface area contributed by atoms with E-state index >= 15 is 0 Å². The summed E-state index contributed by atoms with van der Waals surface area (Å²) in [7, 11) is 2.08. The number of likely N-dealkylation sites (N-methyl/N-ethyl adjacent to an activating group) is 1. The van der Waals surface area contributed by atoms with Crippen LogP contribution in [0.4, 0.5) is 5.69 Å². The molecule has 2 heterocycles. The molecule has 0 saturated carbocycles. The molecule has 1 saturated heterocycles. The van der Waals surface area contributed by atoms with Gasteiger partial charge in [0.25, 0.3) is 11.8 Å². The highest BCUT2D eigenvalue weighted by Gasteiger charge is 2.20. The molecule has 8 heteroatoms. The van der Waals surface area contributed by atoms with Crippen LogP contribution in [0.25, 0.3) is 11.4 Å². The number of benzene rings is 3. The van der Waals surface area contributed by atoms with Crippen molar-refractivity contribution >= 4 is 17.5 Å². The summed E-state index contributed by atoms with van der Waals surface area (Å²) in [6.45, 7) is 11.7. The first kappa shape index (κ1) is 29.1. The average Bonchev–Trinajstić information content (AvgIpc) is 2.98. The second kappa shape index (κ2) is 12.2. The van der Waals surface area contributed by atoms with Gasteiger partial charge in [-0.3, -0.25) is 9.59 Å². The van der Waals surface area contributed by atoms with E-state index in [0.29, 0.717) is 34.9 Å². The molecular weight excluding hydrogens is 524 g/mol. The van der Waals surface area contributed by atoms with Crippen molar-refractivity contribution in [3.63, 3.8) is 0 Å². The van der Waals surface area contributed by atoms with Crippen LogP contribution in [0.15, 0.2) is 73.1 Å². The molecule has 1 fully saturated rings. The quantitative estimate of drug-likeness (QED) is 0.340. The highest BCUT2D eigenvalue weighted by Crippen LogP contribution is 2.27. The SMILES string of the molecule is Cc1c(NC(=O)c2ccc(C(C)(C)C)cc2)cccc1-c1ncnc(Cc2ccc(C(=O)N3CCN(C)CC3)cc2)n1. The molecular formula is C34H38N6O2. The first-order valence-electron chi connectivity index (χ1n) is 14.3. The summed E-state index contributed by atoms with van der Waals surface area (Å²) in [6.07, 6.45) is 2.03. The van der Waals surface area contributed by atoms with Crippen LogP contribution < -0.4 is 5.32 Å². The third-order valence-electron chi connectivity index (χ3n) is 7.81. The number of nitrogens with one attached hydrogen (secondary N) is 1. The first-order chi connectivity index (χ1) is 20.1. The number of carbonyl (C=O) groups is 2. The molecule has 0 unspecified atom stereocenters. The van der Waals surface area contributed by atoms with Gasteiger partial charge in [-0.05, 0) is 66.4 Å². The van der Waals surface area contributed by atoms with E-state index < -0.39 is 0 Å². The van der Waals surface area contributed by atoms with Crippen LogP contribution in [0.1, 0.15) is 64.0 Å². The van der Waals surface area contributed by atoms with Crippen LogP contribution >= 0.6 is 0 Å². The molecule has 1 aliphatic heterocycles. The normalized spacial score (nSPS) is 14.1. The second-order valence-electron chi connectivity index (χ2n) is 12.0. The molecule has 1 N–H and O–H groups in total. The molecule has 216 valence electrons. The maximum absolute atomic E-state index is 13.0. The van der Waals surface area contributed by atoms with Gasteiger partial charge in [-0.15, -0.1) is 0 Å². The third kappa shape index (κ3) is 6.71. The van der Waals surface area contributed by atoms with Gasteiger partial charge in [-0.25, -0.2) is 15.0 Å². The van der Waals surface area contributed by atoms with E-state index in [0.717, 1.165) is 42.9 Å². The average molecular weight is 563 g/mol. The maximum atomic E-state index is 13.0. The fourth-order valence-electron chi connectivity index (χ4n) is 5.01. The highest BCUT2D eigenvalue weighted by molar-refractivity contribution is 6.05. The van der Waals surface area contributed by atoms with Crippen molar-refractivity contribution in [2.75, 3.05) is 38.5 Å². The van der Waals surface area contributed by atoms with E-state index in [1.807, 2.05) is 78.6 Å². The molecule has 2 amide bonds. The molecule has 0 bridgehead atoms. The fraction of sp³-hybridized carbons (Fsp3) is 0.324. The van der Waals surface area contributed by atoms with Crippen molar-refractivity contribution in [2.24, 2.45) is 0 Å². The minimum Gasteiger partial charge on any atom is -0.336 e. The molecule has 3 aromatic carbocycles. The van der Waals surface area contributed by atoms with Gasteiger partial charge in [0.2, 0.25) is 0 Å². The van der Waals surface area contributed by atoms with Crippen molar-refractivity contribution in [1.29, 1.82) is 0 Å². The lowest BCUT2D eigenvalue weighted by molar-refractivity contribution is 0.0664. The predicted molar refractivity (Wildman–Crippen MR) is 166 cm³/mol. The van der Waals surface area contributed by atoms with Gasteiger partial charge in [-0.1, -0.05) is 57.2 Å². The number of hydrogen-bond donors (Lipinski definition) is 1. The number of aromatic nitrogens is 3. The fourth-order valence-corrected chi connectivity index (χ4v) is 5.01. The summed E-state index contributed by atoms with van der Waals surface area (Å²) in [5, 5.41) is 3.05. The smallest absolute Gasteiger partial charge is 0.255 e.